The van der Waals surface area contributed by atoms with E-state index in [0.29, 0.717) is 28.3 Å². The molecule has 0 fully saturated rings. The number of methoxy groups -OCH3 is 1. The van der Waals surface area contributed by atoms with E-state index in [1.807, 2.05) is 54.6 Å². The van der Waals surface area contributed by atoms with E-state index in [4.69, 9.17) is 9.47 Å². The number of anilines is 1. The van der Waals surface area contributed by atoms with Gasteiger partial charge in [-0.2, -0.15) is 0 Å². The SMILES string of the molecule is COC(=O)c1ccc2c(c1)NC(=O)/C2=C/c1ccccc1Oc1ccccc1. The summed E-state index contributed by atoms with van der Waals surface area (Å²) in [5.74, 6) is 0.684. The molecule has 0 bridgehead atoms. The van der Waals surface area contributed by atoms with Gasteiger partial charge >= 0.3 is 5.97 Å². The first-order chi connectivity index (χ1) is 13.7. The average molecular weight is 371 g/mol. The highest BCUT2D eigenvalue weighted by Gasteiger charge is 2.25. The van der Waals surface area contributed by atoms with Crippen molar-refractivity contribution in [2.45, 2.75) is 0 Å². The number of esters is 1. The fourth-order valence-electron chi connectivity index (χ4n) is 3.05. The van der Waals surface area contributed by atoms with Crippen LogP contribution in [0.3, 0.4) is 0 Å². The average Bonchev–Trinajstić information content (AvgIpc) is 3.04. The van der Waals surface area contributed by atoms with E-state index in [9.17, 15) is 9.59 Å². The van der Waals surface area contributed by atoms with Gasteiger partial charge in [-0.15, -0.1) is 0 Å². The third-order valence-electron chi connectivity index (χ3n) is 4.41. The first-order valence-electron chi connectivity index (χ1n) is 8.73. The van der Waals surface area contributed by atoms with E-state index in [2.05, 4.69) is 5.32 Å². The van der Waals surface area contributed by atoms with Crippen LogP contribution in [0.4, 0.5) is 5.69 Å². The monoisotopic (exact) mass is 371 g/mol. The Bertz CT molecular complexity index is 1090. The second-order valence-corrected chi connectivity index (χ2v) is 6.22. The summed E-state index contributed by atoms with van der Waals surface area (Å²) in [6, 6.07) is 22.0. The van der Waals surface area contributed by atoms with Crippen LogP contribution in [-0.4, -0.2) is 19.0 Å². The van der Waals surface area contributed by atoms with Gasteiger partial charge in [-0.3, -0.25) is 4.79 Å². The van der Waals surface area contributed by atoms with Crippen LogP contribution in [0.2, 0.25) is 0 Å². The molecule has 0 radical (unpaired) electrons. The maximum Gasteiger partial charge on any atom is 0.337 e. The first kappa shape index (κ1) is 17.5. The normalized spacial score (nSPS) is 13.8. The molecule has 0 aliphatic carbocycles. The summed E-state index contributed by atoms with van der Waals surface area (Å²) in [6.07, 6.45) is 1.79. The molecule has 28 heavy (non-hydrogen) atoms. The van der Waals surface area contributed by atoms with Gasteiger partial charge in [0.2, 0.25) is 0 Å². The molecule has 1 aliphatic rings. The zero-order valence-corrected chi connectivity index (χ0v) is 15.1. The van der Waals surface area contributed by atoms with Crippen molar-refractivity contribution in [3.63, 3.8) is 0 Å². The summed E-state index contributed by atoms with van der Waals surface area (Å²) in [5, 5.41) is 2.80. The lowest BCUT2D eigenvalue weighted by molar-refractivity contribution is -0.110. The molecule has 138 valence electrons. The smallest absolute Gasteiger partial charge is 0.337 e. The number of benzene rings is 3. The van der Waals surface area contributed by atoms with Crippen LogP contribution in [0.5, 0.6) is 11.5 Å². The third-order valence-corrected chi connectivity index (χ3v) is 4.41. The molecule has 3 aromatic rings. The van der Waals surface area contributed by atoms with Gasteiger partial charge in [0.05, 0.1) is 12.7 Å². The van der Waals surface area contributed by atoms with E-state index < -0.39 is 5.97 Å². The van der Waals surface area contributed by atoms with Gasteiger partial charge in [-0.25, -0.2) is 4.79 Å². The van der Waals surface area contributed by atoms with Crippen molar-refractivity contribution in [2.75, 3.05) is 12.4 Å². The third kappa shape index (κ3) is 3.38. The number of nitrogens with one attached hydrogen (secondary N) is 1. The van der Waals surface area contributed by atoms with Crippen LogP contribution in [0.15, 0.2) is 72.8 Å². The Hall–Kier alpha value is -3.86. The molecular weight excluding hydrogens is 354 g/mol. The van der Waals surface area contributed by atoms with E-state index in [-0.39, 0.29) is 5.91 Å². The van der Waals surface area contributed by atoms with Gasteiger partial charge in [0.1, 0.15) is 11.5 Å². The lowest BCUT2D eigenvalue weighted by atomic mass is 10.0. The minimum Gasteiger partial charge on any atom is -0.465 e. The van der Waals surface area contributed by atoms with Crippen LogP contribution in [0.1, 0.15) is 21.5 Å². The van der Waals surface area contributed by atoms with Crippen molar-refractivity contribution in [2.24, 2.45) is 0 Å². The van der Waals surface area contributed by atoms with Crippen LogP contribution in [0, 0.1) is 0 Å². The number of para-hydroxylation sites is 2. The minimum atomic E-state index is -0.448. The molecule has 0 aromatic heterocycles. The van der Waals surface area contributed by atoms with Gasteiger partial charge in [-0.05, 0) is 36.4 Å². The minimum absolute atomic E-state index is 0.230. The summed E-state index contributed by atoms with van der Waals surface area (Å²) in [5.41, 5.74) is 2.99. The predicted octanol–water partition coefficient (Wildman–Crippen LogP) is 4.76. The number of amides is 1. The molecule has 0 unspecified atom stereocenters. The highest BCUT2D eigenvalue weighted by molar-refractivity contribution is 6.35. The first-order valence-corrected chi connectivity index (χ1v) is 8.73. The topological polar surface area (TPSA) is 64.6 Å². The summed E-state index contributed by atoms with van der Waals surface area (Å²) < 4.78 is 10.7. The van der Waals surface area contributed by atoms with E-state index in [0.717, 1.165) is 11.1 Å². The second kappa shape index (κ2) is 7.40. The van der Waals surface area contributed by atoms with Gasteiger partial charge in [-0.1, -0.05) is 42.5 Å². The zero-order chi connectivity index (χ0) is 19.5. The standard InChI is InChI=1S/C23H17NO4/c1-27-23(26)16-11-12-18-19(22(25)24-20(18)14-16)13-15-7-5-6-10-21(15)28-17-8-3-2-4-9-17/h2-14H,1H3,(H,24,25)/b19-13+. The van der Waals surface area contributed by atoms with Crippen molar-refractivity contribution in [3.8, 4) is 11.5 Å². The lowest BCUT2D eigenvalue weighted by Crippen LogP contribution is -2.04. The van der Waals surface area contributed by atoms with Gasteiger partial charge in [0.25, 0.3) is 5.91 Å². The zero-order valence-electron chi connectivity index (χ0n) is 15.1. The molecule has 4 rings (SSSR count). The number of fused-ring (bicyclic) bond motifs is 1. The molecule has 1 amide bonds. The molecule has 1 N–H and O–H groups in total. The van der Waals surface area contributed by atoms with Crippen molar-refractivity contribution in [1.82, 2.24) is 0 Å². The Balaban J connectivity index is 1.71. The number of carbonyl (C=O) groups is 2. The highest BCUT2D eigenvalue weighted by atomic mass is 16.5. The Kier molecular flexibility index (Phi) is 4.64. The van der Waals surface area contributed by atoms with Crippen molar-refractivity contribution in [1.29, 1.82) is 0 Å². The fourth-order valence-corrected chi connectivity index (χ4v) is 3.05. The van der Waals surface area contributed by atoms with Crippen molar-refractivity contribution < 1.29 is 19.1 Å². The fraction of sp³-hybridized carbons (Fsp3) is 0.0435. The van der Waals surface area contributed by atoms with E-state index >= 15 is 0 Å². The summed E-state index contributed by atoms with van der Waals surface area (Å²) in [7, 11) is 1.32. The highest BCUT2D eigenvalue weighted by Crippen LogP contribution is 2.36. The summed E-state index contributed by atoms with van der Waals surface area (Å²) >= 11 is 0. The molecule has 1 heterocycles. The summed E-state index contributed by atoms with van der Waals surface area (Å²) in [6.45, 7) is 0. The second-order valence-electron chi connectivity index (χ2n) is 6.22. The van der Waals surface area contributed by atoms with Gasteiger partial charge in [0, 0.05) is 22.4 Å². The van der Waals surface area contributed by atoms with Crippen molar-refractivity contribution >= 4 is 29.2 Å². The molecule has 5 heteroatoms. The molecule has 1 aliphatic heterocycles. The van der Waals surface area contributed by atoms with Crippen LogP contribution in [-0.2, 0) is 9.53 Å². The quantitative estimate of drug-likeness (QED) is 0.531. The number of carbonyl (C=O) groups excluding carboxylic acids is 2. The Morgan fingerprint density at radius 3 is 2.50 bits per heavy atom. The Labute approximate surface area is 162 Å². The predicted molar refractivity (Wildman–Crippen MR) is 107 cm³/mol. The maximum absolute atomic E-state index is 12.5. The van der Waals surface area contributed by atoms with Crippen LogP contribution < -0.4 is 10.1 Å². The summed E-state index contributed by atoms with van der Waals surface area (Å²) in [4.78, 5) is 24.2. The molecular formula is C23H17NO4. The largest absolute Gasteiger partial charge is 0.465 e. The number of ether oxygens (including phenoxy) is 2. The van der Waals surface area contributed by atoms with Gasteiger partial charge < -0.3 is 14.8 Å². The van der Waals surface area contributed by atoms with Crippen LogP contribution in [0.25, 0.3) is 11.6 Å². The number of hydrogen-bond donors (Lipinski definition) is 1. The number of rotatable bonds is 4. The lowest BCUT2D eigenvalue weighted by Gasteiger charge is -2.09. The molecule has 3 aromatic carbocycles. The van der Waals surface area contributed by atoms with Crippen LogP contribution >= 0.6 is 0 Å². The van der Waals surface area contributed by atoms with Gasteiger partial charge in [0.15, 0.2) is 0 Å². The Morgan fingerprint density at radius 2 is 1.71 bits per heavy atom. The molecule has 0 atom stereocenters. The van der Waals surface area contributed by atoms with E-state index in [1.54, 1.807) is 24.3 Å². The maximum atomic E-state index is 12.5. The van der Waals surface area contributed by atoms with E-state index in [1.165, 1.54) is 7.11 Å². The van der Waals surface area contributed by atoms with Crippen molar-refractivity contribution in [3.05, 3.63) is 89.5 Å². The molecule has 0 saturated heterocycles. The number of hydrogen-bond acceptors (Lipinski definition) is 4. The Morgan fingerprint density at radius 1 is 0.964 bits per heavy atom. The molecule has 5 nitrogen and oxygen atoms in total. The molecule has 0 saturated carbocycles. The molecule has 0 spiro atoms.